The molecular formula is C35H41ClN4O3. The van der Waals surface area contributed by atoms with Gasteiger partial charge in [-0.05, 0) is 54.7 Å². The van der Waals surface area contributed by atoms with E-state index in [-0.39, 0.29) is 30.2 Å². The molecule has 0 aliphatic carbocycles. The van der Waals surface area contributed by atoms with Crippen LogP contribution in [-0.2, 0) is 14.4 Å². The lowest BCUT2D eigenvalue weighted by Gasteiger charge is -2.29. The van der Waals surface area contributed by atoms with Gasteiger partial charge in [0.1, 0.15) is 0 Å². The fraction of sp³-hybridized carbons (Fsp3) is 0.286. The number of rotatable bonds is 11. The SMILES string of the molecule is C=CC.NC(=O)CCC1NC(CNC(=O)/C=C/c2ccc(Cl)cc2)CCN(CC(c2ccccc2)c2ccccc2)C1=O. The minimum atomic E-state index is -0.575. The molecule has 1 heterocycles. The second kappa shape index (κ2) is 17.7. The van der Waals surface area contributed by atoms with E-state index in [4.69, 9.17) is 17.3 Å². The highest BCUT2D eigenvalue weighted by Crippen LogP contribution is 2.27. The molecule has 1 fully saturated rings. The van der Waals surface area contributed by atoms with Crippen LogP contribution in [0.5, 0.6) is 0 Å². The molecule has 1 saturated heterocycles. The number of benzene rings is 3. The Hall–Kier alpha value is -4.20. The van der Waals surface area contributed by atoms with Crippen molar-refractivity contribution in [2.75, 3.05) is 19.6 Å². The summed E-state index contributed by atoms with van der Waals surface area (Å²) >= 11 is 5.92. The number of nitrogens with one attached hydrogen (secondary N) is 2. The standard InChI is InChI=1S/C32H35ClN4O3.C3H6/c33-26-14-11-23(12-15-26)13-18-31(39)35-21-27-19-20-37(32(40)29(36-27)16-17-30(34)38)22-28(24-7-3-1-4-8-24)25-9-5-2-6-10-25;1-3-2/h1-15,18,27-29,36H,16-17,19-22H2,(H2,34,38)(H,35,39);3H,1H2,2H3/b18-13+;. The van der Waals surface area contributed by atoms with E-state index in [1.807, 2.05) is 60.4 Å². The van der Waals surface area contributed by atoms with E-state index >= 15 is 0 Å². The lowest BCUT2D eigenvalue weighted by molar-refractivity contribution is -0.133. The van der Waals surface area contributed by atoms with Gasteiger partial charge in [0.2, 0.25) is 17.7 Å². The third-order valence-corrected chi connectivity index (χ3v) is 7.35. The molecule has 2 atom stereocenters. The van der Waals surface area contributed by atoms with Crippen LogP contribution in [0.25, 0.3) is 6.08 Å². The third-order valence-electron chi connectivity index (χ3n) is 7.10. The van der Waals surface area contributed by atoms with Gasteiger partial charge in [-0.3, -0.25) is 14.4 Å². The predicted octanol–water partition coefficient (Wildman–Crippen LogP) is 5.32. The van der Waals surface area contributed by atoms with E-state index in [1.54, 1.807) is 24.3 Å². The fourth-order valence-corrected chi connectivity index (χ4v) is 5.07. The number of hydrogen-bond acceptors (Lipinski definition) is 4. The van der Waals surface area contributed by atoms with Gasteiger partial charge in [-0.2, -0.15) is 0 Å². The van der Waals surface area contributed by atoms with E-state index < -0.39 is 11.9 Å². The first-order valence-corrected chi connectivity index (χ1v) is 14.9. The molecule has 1 aliphatic heterocycles. The van der Waals surface area contributed by atoms with Gasteiger partial charge in [0, 0.05) is 49.1 Å². The molecule has 0 bridgehead atoms. The lowest BCUT2D eigenvalue weighted by Crippen LogP contribution is -2.49. The number of amides is 3. The van der Waals surface area contributed by atoms with Crippen LogP contribution in [0.1, 0.15) is 48.8 Å². The van der Waals surface area contributed by atoms with Crippen molar-refractivity contribution >= 4 is 35.4 Å². The molecule has 7 nitrogen and oxygen atoms in total. The minimum Gasteiger partial charge on any atom is -0.370 e. The molecule has 0 radical (unpaired) electrons. The van der Waals surface area contributed by atoms with Crippen molar-refractivity contribution in [3.63, 3.8) is 0 Å². The van der Waals surface area contributed by atoms with Crippen LogP contribution in [0.15, 0.2) is 104 Å². The Balaban J connectivity index is 0.00000162. The van der Waals surface area contributed by atoms with Gasteiger partial charge in [-0.15, -0.1) is 6.58 Å². The summed E-state index contributed by atoms with van der Waals surface area (Å²) in [6.45, 7) is 6.62. The maximum Gasteiger partial charge on any atom is 0.244 e. The highest BCUT2D eigenvalue weighted by atomic mass is 35.5. The smallest absolute Gasteiger partial charge is 0.244 e. The molecule has 43 heavy (non-hydrogen) atoms. The molecule has 8 heteroatoms. The average molecular weight is 601 g/mol. The van der Waals surface area contributed by atoms with E-state index in [2.05, 4.69) is 41.5 Å². The van der Waals surface area contributed by atoms with Crippen LogP contribution in [0.3, 0.4) is 0 Å². The molecule has 0 spiro atoms. The maximum absolute atomic E-state index is 13.7. The second-order valence-corrected chi connectivity index (χ2v) is 10.8. The first-order chi connectivity index (χ1) is 20.8. The average Bonchev–Trinajstić information content (AvgIpc) is 3.16. The Morgan fingerprint density at radius 3 is 2.19 bits per heavy atom. The van der Waals surface area contributed by atoms with E-state index in [0.29, 0.717) is 37.5 Å². The molecule has 4 N–H and O–H groups in total. The molecule has 3 aromatic rings. The van der Waals surface area contributed by atoms with E-state index in [0.717, 1.165) is 16.7 Å². The maximum atomic E-state index is 13.7. The summed E-state index contributed by atoms with van der Waals surface area (Å²) in [5, 5.41) is 6.95. The molecule has 4 rings (SSSR count). The van der Waals surface area contributed by atoms with Crippen LogP contribution in [0.4, 0.5) is 0 Å². The van der Waals surface area contributed by atoms with Crippen molar-refractivity contribution in [1.82, 2.24) is 15.5 Å². The van der Waals surface area contributed by atoms with Gasteiger partial charge >= 0.3 is 0 Å². The molecule has 2 unspecified atom stereocenters. The Kier molecular flexibility index (Phi) is 13.7. The largest absolute Gasteiger partial charge is 0.370 e. The highest BCUT2D eigenvalue weighted by molar-refractivity contribution is 6.30. The normalized spacial score (nSPS) is 16.7. The highest BCUT2D eigenvalue weighted by Gasteiger charge is 2.32. The number of primary amides is 1. The monoisotopic (exact) mass is 600 g/mol. The van der Waals surface area contributed by atoms with Crippen molar-refractivity contribution in [3.8, 4) is 0 Å². The van der Waals surface area contributed by atoms with Crippen molar-refractivity contribution in [3.05, 3.63) is 125 Å². The number of carbonyl (C=O) groups is 3. The number of carbonyl (C=O) groups excluding carboxylic acids is 3. The topological polar surface area (TPSA) is 105 Å². The third kappa shape index (κ3) is 11.2. The van der Waals surface area contributed by atoms with Gasteiger partial charge in [0.15, 0.2) is 0 Å². The molecular weight excluding hydrogens is 560 g/mol. The summed E-state index contributed by atoms with van der Waals surface area (Å²) in [4.78, 5) is 39.7. The fourth-order valence-electron chi connectivity index (χ4n) is 4.94. The molecule has 3 aromatic carbocycles. The van der Waals surface area contributed by atoms with Crippen LogP contribution in [0, 0.1) is 0 Å². The first-order valence-electron chi connectivity index (χ1n) is 14.5. The first kappa shape index (κ1) is 33.3. The lowest BCUT2D eigenvalue weighted by atomic mass is 9.90. The Labute approximate surface area is 259 Å². The number of nitrogens with zero attached hydrogens (tertiary/aromatic N) is 1. The summed E-state index contributed by atoms with van der Waals surface area (Å²) < 4.78 is 0. The van der Waals surface area contributed by atoms with E-state index in [9.17, 15) is 14.4 Å². The van der Waals surface area contributed by atoms with Gasteiger partial charge in [-0.25, -0.2) is 0 Å². The summed E-state index contributed by atoms with van der Waals surface area (Å²) in [6.07, 6.45) is 6.00. The molecule has 1 aliphatic rings. The van der Waals surface area contributed by atoms with Crippen LogP contribution in [0.2, 0.25) is 5.02 Å². The minimum absolute atomic E-state index is 0.00241. The zero-order chi connectivity index (χ0) is 31.0. The van der Waals surface area contributed by atoms with E-state index in [1.165, 1.54) is 6.08 Å². The van der Waals surface area contributed by atoms with Crippen molar-refractivity contribution in [1.29, 1.82) is 0 Å². The zero-order valence-corrected chi connectivity index (χ0v) is 25.4. The van der Waals surface area contributed by atoms with Gasteiger partial charge in [-0.1, -0.05) is 90.5 Å². The summed E-state index contributed by atoms with van der Waals surface area (Å²) in [5.74, 6) is -0.743. The number of nitrogens with two attached hydrogens (primary N) is 1. The van der Waals surface area contributed by atoms with Crippen LogP contribution in [-0.4, -0.2) is 54.3 Å². The van der Waals surface area contributed by atoms with Crippen LogP contribution < -0.4 is 16.4 Å². The summed E-state index contributed by atoms with van der Waals surface area (Å²) in [5.41, 5.74) is 8.54. The van der Waals surface area contributed by atoms with Crippen LogP contribution >= 0.6 is 11.6 Å². The molecule has 3 amide bonds. The zero-order valence-electron chi connectivity index (χ0n) is 24.6. The van der Waals surface area contributed by atoms with Crippen molar-refractivity contribution in [2.24, 2.45) is 5.73 Å². The quantitative estimate of drug-likeness (QED) is 0.205. The molecule has 0 saturated carbocycles. The summed E-state index contributed by atoms with van der Waals surface area (Å²) in [7, 11) is 0. The molecule has 0 aromatic heterocycles. The van der Waals surface area contributed by atoms with Gasteiger partial charge in [0.25, 0.3) is 0 Å². The Morgan fingerprint density at radius 2 is 1.63 bits per heavy atom. The second-order valence-electron chi connectivity index (χ2n) is 10.4. The molecule has 226 valence electrons. The summed E-state index contributed by atoms with van der Waals surface area (Å²) in [6, 6.07) is 26.8. The number of hydrogen-bond donors (Lipinski definition) is 3. The van der Waals surface area contributed by atoms with Crippen molar-refractivity contribution in [2.45, 2.75) is 44.2 Å². The van der Waals surface area contributed by atoms with Crippen molar-refractivity contribution < 1.29 is 14.4 Å². The van der Waals surface area contributed by atoms with Gasteiger partial charge in [0.05, 0.1) is 6.04 Å². The predicted molar refractivity (Wildman–Crippen MR) is 174 cm³/mol. The Morgan fingerprint density at radius 1 is 1.05 bits per heavy atom. The number of allylic oxidation sites excluding steroid dienone is 1. The Bertz CT molecular complexity index is 1310. The van der Waals surface area contributed by atoms with Gasteiger partial charge < -0.3 is 21.3 Å². The number of halogens is 1.